The molecule has 6 rings (SSSR count). The average Bonchev–Trinajstić information content (AvgIpc) is 3.56. The standard InChI is InChI=1S/C27H25N5O5/c1-2-29-15-20(24-21(16-29)27(35)32(28-24)19-6-4-3-5-7-19)26(34)31-12-10-30(11-13-31)25(33)18-8-9-22-23(14-18)37-17-36-22/h3-9,14-16H,2,10-13,17H2,1H3. The van der Waals surface area contributed by atoms with E-state index in [4.69, 9.17) is 9.47 Å². The Balaban J connectivity index is 1.24. The van der Waals surface area contributed by atoms with Crippen molar-refractivity contribution >= 4 is 11.8 Å². The van der Waals surface area contributed by atoms with Crippen molar-refractivity contribution in [2.75, 3.05) is 33.0 Å². The number of piperazine rings is 1. The molecule has 37 heavy (non-hydrogen) atoms. The zero-order valence-electron chi connectivity index (χ0n) is 20.3. The van der Waals surface area contributed by atoms with Gasteiger partial charge in [0, 0.05) is 50.7 Å². The number of carbonyl (C=O) groups excluding carboxylic acids is 2. The van der Waals surface area contributed by atoms with Gasteiger partial charge < -0.3 is 23.8 Å². The van der Waals surface area contributed by atoms with Gasteiger partial charge in [0.05, 0.1) is 16.8 Å². The number of aromatic nitrogens is 3. The van der Waals surface area contributed by atoms with Gasteiger partial charge in [-0.2, -0.15) is 9.78 Å². The molecule has 0 spiro atoms. The second-order valence-corrected chi connectivity index (χ2v) is 8.97. The molecule has 0 aromatic heterocycles. The van der Waals surface area contributed by atoms with E-state index in [0.29, 0.717) is 72.3 Å². The van der Waals surface area contributed by atoms with Gasteiger partial charge in [0.1, 0.15) is 5.69 Å². The van der Waals surface area contributed by atoms with Crippen LogP contribution in [0.4, 0.5) is 0 Å². The van der Waals surface area contributed by atoms with E-state index in [1.165, 1.54) is 4.68 Å². The van der Waals surface area contributed by atoms with Crippen molar-refractivity contribution in [2.45, 2.75) is 13.5 Å². The van der Waals surface area contributed by atoms with Gasteiger partial charge in [0.2, 0.25) is 6.79 Å². The number of hydrogen-bond donors (Lipinski definition) is 0. The molecular formula is C27H25N5O5. The summed E-state index contributed by atoms with van der Waals surface area (Å²) >= 11 is 0. The van der Waals surface area contributed by atoms with Crippen molar-refractivity contribution in [3.8, 4) is 28.4 Å². The molecule has 0 aliphatic carbocycles. The zero-order valence-corrected chi connectivity index (χ0v) is 20.3. The fourth-order valence-corrected chi connectivity index (χ4v) is 4.74. The van der Waals surface area contributed by atoms with E-state index >= 15 is 0 Å². The van der Waals surface area contributed by atoms with Crippen LogP contribution < -0.4 is 15.0 Å². The van der Waals surface area contributed by atoms with E-state index in [0.717, 1.165) is 0 Å². The number of ether oxygens (including phenoxy) is 2. The maximum absolute atomic E-state index is 13.6. The van der Waals surface area contributed by atoms with Crippen molar-refractivity contribution in [2.24, 2.45) is 0 Å². The molecule has 2 amide bonds. The van der Waals surface area contributed by atoms with E-state index in [9.17, 15) is 14.4 Å². The molecule has 10 heteroatoms. The van der Waals surface area contributed by atoms with E-state index < -0.39 is 0 Å². The Hall–Kier alpha value is -4.60. The third kappa shape index (κ3) is 4.00. The first-order valence-electron chi connectivity index (χ1n) is 12.2. The largest absolute Gasteiger partial charge is 0.454 e. The van der Waals surface area contributed by atoms with Gasteiger partial charge in [-0.25, -0.2) is 0 Å². The molecule has 0 unspecified atom stereocenters. The topological polar surface area (TPSA) is 98.9 Å². The Morgan fingerprint density at radius 1 is 0.892 bits per heavy atom. The molecular weight excluding hydrogens is 474 g/mol. The number of carbonyl (C=O) groups is 2. The quantitative estimate of drug-likeness (QED) is 0.428. The smallest absolute Gasteiger partial charge is 0.282 e. The predicted molar refractivity (Wildman–Crippen MR) is 134 cm³/mol. The lowest BCUT2D eigenvalue weighted by atomic mass is 10.1. The van der Waals surface area contributed by atoms with Crippen molar-refractivity contribution in [1.29, 1.82) is 0 Å². The number of amides is 2. The molecule has 0 radical (unpaired) electrons. The third-order valence-electron chi connectivity index (χ3n) is 6.79. The van der Waals surface area contributed by atoms with E-state index in [-0.39, 0.29) is 24.2 Å². The van der Waals surface area contributed by atoms with E-state index in [1.54, 1.807) is 52.5 Å². The van der Waals surface area contributed by atoms with Gasteiger partial charge in [-0.05, 0) is 37.3 Å². The molecule has 188 valence electrons. The Morgan fingerprint density at radius 3 is 2.32 bits per heavy atom. The first-order chi connectivity index (χ1) is 18.0. The van der Waals surface area contributed by atoms with Gasteiger partial charge in [-0.1, -0.05) is 18.2 Å². The monoisotopic (exact) mass is 499 g/mol. The van der Waals surface area contributed by atoms with E-state index in [2.05, 4.69) is 5.10 Å². The maximum atomic E-state index is 13.6. The number of hydrogen-bond acceptors (Lipinski definition) is 6. The molecule has 4 aliphatic rings. The number of pyridine rings is 1. The minimum atomic E-state index is -0.266. The van der Waals surface area contributed by atoms with Crippen molar-refractivity contribution < 1.29 is 19.1 Å². The van der Waals surface area contributed by atoms with Crippen molar-refractivity contribution in [1.82, 2.24) is 24.1 Å². The number of aryl methyl sites for hydroxylation is 1. The first-order valence-corrected chi connectivity index (χ1v) is 12.2. The van der Waals surface area contributed by atoms with Crippen molar-refractivity contribution in [3.63, 3.8) is 0 Å². The van der Waals surface area contributed by atoms with Crippen LogP contribution >= 0.6 is 0 Å². The summed E-state index contributed by atoms with van der Waals surface area (Å²) in [6.45, 7) is 4.25. The van der Waals surface area contributed by atoms with Crippen LogP contribution in [0.2, 0.25) is 0 Å². The molecule has 4 heterocycles. The number of fused-ring (bicyclic) bond motifs is 2. The highest BCUT2D eigenvalue weighted by molar-refractivity contribution is 6.00. The lowest BCUT2D eigenvalue weighted by Gasteiger charge is -2.35. The highest BCUT2D eigenvalue weighted by Gasteiger charge is 2.30. The number of para-hydroxylation sites is 1. The fraction of sp³-hybridized carbons (Fsp3) is 0.259. The molecule has 2 aromatic carbocycles. The van der Waals surface area contributed by atoms with Gasteiger partial charge in [-0.15, -0.1) is 0 Å². The van der Waals surface area contributed by atoms with Gasteiger partial charge in [0.15, 0.2) is 11.5 Å². The first kappa shape index (κ1) is 22.8. The molecule has 10 nitrogen and oxygen atoms in total. The Morgan fingerprint density at radius 2 is 1.59 bits per heavy atom. The summed E-state index contributed by atoms with van der Waals surface area (Å²) in [4.78, 5) is 43.3. The fourth-order valence-electron chi connectivity index (χ4n) is 4.74. The minimum absolute atomic E-state index is 0.117. The predicted octanol–water partition coefficient (Wildman–Crippen LogP) is 2.49. The molecule has 4 aliphatic heterocycles. The van der Waals surface area contributed by atoms with Crippen LogP contribution in [0.3, 0.4) is 0 Å². The summed E-state index contributed by atoms with van der Waals surface area (Å²) in [7, 11) is 0. The van der Waals surface area contributed by atoms with Crippen LogP contribution in [-0.4, -0.2) is 68.9 Å². The number of benzene rings is 2. The lowest BCUT2D eigenvalue weighted by Crippen LogP contribution is -2.50. The Bertz CT molecular complexity index is 1520. The zero-order chi connectivity index (χ0) is 25.5. The number of rotatable bonds is 4. The van der Waals surface area contributed by atoms with Crippen LogP contribution in [0.5, 0.6) is 11.5 Å². The van der Waals surface area contributed by atoms with Gasteiger partial charge in [0.25, 0.3) is 17.4 Å². The lowest BCUT2D eigenvalue weighted by molar-refractivity contribution is 0.0535. The molecule has 0 saturated carbocycles. The summed E-state index contributed by atoms with van der Waals surface area (Å²) in [6.07, 6.45) is 3.49. The second kappa shape index (κ2) is 9.12. The van der Waals surface area contributed by atoms with Gasteiger partial charge >= 0.3 is 0 Å². The van der Waals surface area contributed by atoms with Crippen molar-refractivity contribution in [3.05, 3.63) is 82.4 Å². The average molecular weight is 500 g/mol. The van der Waals surface area contributed by atoms with Crippen LogP contribution in [0, 0.1) is 0 Å². The highest BCUT2D eigenvalue weighted by atomic mass is 16.7. The van der Waals surface area contributed by atoms with E-state index in [1.807, 2.05) is 29.7 Å². The second-order valence-electron chi connectivity index (χ2n) is 8.97. The van der Waals surface area contributed by atoms with Crippen LogP contribution in [-0.2, 0) is 6.54 Å². The molecule has 1 saturated heterocycles. The number of nitrogens with zero attached hydrogens (tertiary/aromatic N) is 5. The summed E-state index contributed by atoms with van der Waals surface area (Å²) in [5, 5.41) is 4.54. The minimum Gasteiger partial charge on any atom is -0.454 e. The molecule has 1 fully saturated rings. The van der Waals surface area contributed by atoms with Gasteiger partial charge in [-0.3, -0.25) is 14.4 Å². The maximum Gasteiger partial charge on any atom is 0.282 e. The van der Waals surface area contributed by atoms with Crippen LogP contribution in [0.1, 0.15) is 27.6 Å². The summed E-state index contributed by atoms with van der Waals surface area (Å²) in [6, 6.07) is 14.3. The van der Waals surface area contributed by atoms with Crippen LogP contribution in [0.15, 0.2) is 65.7 Å². The Kier molecular flexibility index (Phi) is 5.63. The molecule has 0 N–H and O–H groups in total. The summed E-state index contributed by atoms with van der Waals surface area (Å²) in [5.41, 5.74) is 2.04. The summed E-state index contributed by atoms with van der Waals surface area (Å²) in [5.74, 6) is 0.862. The summed E-state index contributed by atoms with van der Waals surface area (Å²) < 4.78 is 13.9. The molecule has 0 atom stereocenters. The van der Waals surface area contributed by atoms with Crippen LogP contribution in [0.25, 0.3) is 16.9 Å². The highest BCUT2D eigenvalue weighted by Crippen LogP contribution is 2.33. The molecule has 0 bridgehead atoms. The Labute approximate surface area is 212 Å². The SMILES string of the molecule is CCn1cc(C(=O)N2CCN(C(=O)c3ccc4c(c3)OCO4)CC2)c2nn(-c3ccccc3)c(=O)c-2c1. The third-order valence-corrected chi connectivity index (χ3v) is 6.79. The normalized spacial score (nSPS) is 14.8. The molecule has 2 aromatic rings.